The van der Waals surface area contributed by atoms with E-state index in [1.165, 1.54) is 30.4 Å². The topological polar surface area (TPSA) is 62.2 Å². The summed E-state index contributed by atoms with van der Waals surface area (Å²) in [6.07, 6.45) is 3.76. The Morgan fingerprint density at radius 2 is 2.64 bits per heavy atom. The number of anilines is 1. The van der Waals surface area contributed by atoms with Crippen LogP contribution in [-0.2, 0) is 0 Å². The van der Waals surface area contributed by atoms with Crippen LogP contribution in [0, 0.1) is 5.92 Å². The van der Waals surface area contributed by atoms with Gasteiger partial charge in [0.15, 0.2) is 5.13 Å². The first kappa shape index (κ1) is 9.45. The molecule has 1 fully saturated rings. The average molecular weight is 212 g/mol. The maximum atomic E-state index is 10.6. The van der Waals surface area contributed by atoms with Crippen LogP contribution in [0.3, 0.4) is 0 Å². The van der Waals surface area contributed by atoms with Crippen molar-refractivity contribution in [2.75, 3.05) is 5.32 Å². The summed E-state index contributed by atoms with van der Waals surface area (Å²) in [5.74, 6) is -0.162. The summed E-state index contributed by atoms with van der Waals surface area (Å²) in [6.45, 7) is 2.16. The van der Waals surface area contributed by atoms with E-state index in [0.717, 1.165) is 11.0 Å². The van der Waals surface area contributed by atoms with Crippen LogP contribution in [0.5, 0.6) is 0 Å². The first-order valence-electron chi connectivity index (χ1n) is 4.66. The van der Waals surface area contributed by atoms with Crippen LogP contribution in [0.15, 0.2) is 6.20 Å². The van der Waals surface area contributed by atoms with E-state index >= 15 is 0 Å². The van der Waals surface area contributed by atoms with Gasteiger partial charge in [-0.15, -0.1) is 0 Å². The van der Waals surface area contributed by atoms with Crippen LogP contribution >= 0.6 is 11.3 Å². The highest BCUT2D eigenvalue weighted by molar-refractivity contribution is 7.17. The van der Waals surface area contributed by atoms with Crippen LogP contribution in [0.25, 0.3) is 0 Å². The lowest BCUT2D eigenvalue weighted by Gasteiger charge is -1.98. The van der Waals surface area contributed by atoms with Gasteiger partial charge in [-0.05, 0) is 12.3 Å². The van der Waals surface area contributed by atoms with Crippen molar-refractivity contribution in [1.29, 1.82) is 0 Å². The quantitative estimate of drug-likeness (QED) is 0.801. The summed E-state index contributed by atoms with van der Waals surface area (Å²) in [6, 6.07) is 0.507. The number of nitrogens with one attached hydrogen (secondary N) is 1. The van der Waals surface area contributed by atoms with Gasteiger partial charge in [-0.2, -0.15) is 0 Å². The summed E-state index contributed by atoms with van der Waals surface area (Å²) in [4.78, 5) is 14.9. The number of aromatic carboxylic acids is 1. The van der Waals surface area contributed by atoms with E-state index < -0.39 is 5.97 Å². The molecule has 0 saturated heterocycles. The number of hydrogen-bond acceptors (Lipinski definition) is 4. The molecule has 1 heterocycles. The molecule has 4 nitrogen and oxygen atoms in total. The van der Waals surface area contributed by atoms with Crippen molar-refractivity contribution in [2.24, 2.45) is 5.92 Å². The van der Waals surface area contributed by atoms with Crippen molar-refractivity contribution in [3.05, 3.63) is 11.1 Å². The van der Waals surface area contributed by atoms with E-state index in [4.69, 9.17) is 5.11 Å². The molecule has 2 rings (SSSR count). The molecule has 2 unspecified atom stereocenters. The molecule has 1 saturated carbocycles. The Balaban J connectivity index is 1.94. The standard InChI is InChI=1S/C9H12N2O2S/c1-2-5-3-6(5)11-9-10-4-7(14-9)8(12)13/h4-6H,2-3H2,1H3,(H,10,11)(H,12,13). The zero-order chi connectivity index (χ0) is 10.1. The number of thiazole rings is 1. The summed E-state index contributed by atoms with van der Waals surface area (Å²) in [5.41, 5.74) is 0. The molecule has 5 heteroatoms. The van der Waals surface area contributed by atoms with Crippen molar-refractivity contribution in [3.8, 4) is 0 Å². The summed E-state index contributed by atoms with van der Waals surface area (Å²) < 4.78 is 0. The second-order valence-electron chi connectivity index (χ2n) is 3.49. The zero-order valence-electron chi connectivity index (χ0n) is 7.86. The van der Waals surface area contributed by atoms with Crippen LogP contribution in [0.1, 0.15) is 29.4 Å². The fourth-order valence-electron chi connectivity index (χ4n) is 1.47. The Kier molecular flexibility index (Phi) is 2.41. The van der Waals surface area contributed by atoms with Gasteiger partial charge in [0, 0.05) is 6.04 Å². The van der Waals surface area contributed by atoms with Crippen LogP contribution < -0.4 is 5.32 Å². The normalized spacial score (nSPS) is 24.6. The number of carbonyl (C=O) groups is 1. The van der Waals surface area contributed by atoms with Crippen molar-refractivity contribution in [1.82, 2.24) is 4.98 Å². The lowest BCUT2D eigenvalue weighted by molar-refractivity contribution is 0.0702. The lowest BCUT2D eigenvalue weighted by Crippen LogP contribution is -2.03. The molecule has 0 amide bonds. The van der Waals surface area contributed by atoms with Crippen LogP contribution in [0.4, 0.5) is 5.13 Å². The second kappa shape index (κ2) is 3.57. The molecule has 1 aromatic rings. The summed E-state index contributed by atoms with van der Waals surface area (Å²) >= 11 is 1.20. The van der Waals surface area contributed by atoms with Gasteiger partial charge in [-0.3, -0.25) is 0 Å². The molecule has 1 aliphatic carbocycles. The van der Waals surface area contributed by atoms with E-state index in [1.807, 2.05) is 0 Å². The number of carboxylic acid groups (broad SMARTS) is 1. The number of aromatic nitrogens is 1. The van der Waals surface area contributed by atoms with E-state index in [-0.39, 0.29) is 0 Å². The van der Waals surface area contributed by atoms with Crippen LogP contribution in [0.2, 0.25) is 0 Å². The van der Waals surface area contributed by atoms with E-state index in [9.17, 15) is 4.79 Å². The molecule has 0 bridgehead atoms. The first-order valence-corrected chi connectivity index (χ1v) is 5.48. The second-order valence-corrected chi connectivity index (χ2v) is 4.52. The predicted molar refractivity (Wildman–Crippen MR) is 54.9 cm³/mol. The molecule has 76 valence electrons. The Morgan fingerprint density at radius 3 is 3.14 bits per heavy atom. The molecule has 0 radical (unpaired) electrons. The molecule has 0 spiro atoms. The number of nitrogens with zero attached hydrogens (tertiary/aromatic N) is 1. The summed E-state index contributed by atoms with van der Waals surface area (Å²) in [7, 11) is 0. The molecule has 14 heavy (non-hydrogen) atoms. The third kappa shape index (κ3) is 1.87. The number of carboxylic acids is 1. The van der Waals surface area contributed by atoms with Gasteiger partial charge in [0.1, 0.15) is 4.88 Å². The van der Waals surface area contributed by atoms with E-state index in [1.54, 1.807) is 0 Å². The maximum absolute atomic E-state index is 10.6. The monoisotopic (exact) mass is 212 g/mol. The van der Waals surface area contributed by atoms with Gasteiger partial charge in [-0.25, -0.2) is 9.78 Å². The largest absolute Gasteiger partial charge is 0.477 e. The number of hydrogen-bond donors (Lipinski definition) is 2. The number of rotatable bonds is 4. The highest BCUT2D eigenvalue weighted by atomic mass is 32.1. The molecule has 0 aliphatic heterocycles. The van der Waals surface area contributed by atoms with Gasteiger partial charge in [0.25, 0.3) is 0 Å². The fraction of sp³-hybridized carbons (Fsp3) is 0.556. The predicted octanol–water partition coefficient (Wildman–Crippen LogP) is 2.05. The lowest BCUT2D eigenvalue weighted by atomic mass is 10.3. The van der Waals surface area contributed by atoms with E-state index in [0.29, 0.717) is 10.9 Å². The molecule has 2 atom stereocenters. The third-order valence-electron chi connectivity index (χ3n) is 2.47. The highest BCUT2D eigenvalue weighted by Gasteiger charge is 2.35. The minimum absolute atomic E-state index is 0.293. The van der Waals surface area contributed by atoms with Gasteiger partial charge in [-0.1, -0.05) is 24.7 Å². The summed E-state index contributed by atoms with van der Waals surface area (Å²) in [5, 5.41) is 12.7. The molecular weight excluding hydrogens is 200 g/mol. The smallest absolute Gasteiger partial charge is 0.347 e. The minimum Gasteiger partial charge on any atom is -0.477 e. The SMILES string of the molecule is CCC1CC1Nc1ncc(C(=O)O)s1. The van der Waals surface area contributed by atoms with Crippen molar-refractivity contribution in [2.45, 2.75) is 25.8 Å². The van der Waals surface area contributed by atoms with Gasteiger partial charge < -0.3 is 10.4 Å². The highest BCUT2D eigenvalue weighted by Crippen LogP contribution is 2.36. The molecule has 2 N–H and O–H groups in total. The van der Waals surface area contributed by atoms with Gasteiger partial charge in [0.2, 0.25) is 0 Å². The van der Waals surface area contributed by atoms with Crippen molar-refractivity contribution < 1.29 is 9.90 Å². The Hall–Kier alpha value is -1.10. The van der Waals surface area contributed by atoms with E-state index in [2.05, 4.69) is 17.2 Å². The van der Waals surface area contributed by atoms with Crippen molar-refractivity contribution in [3.63, 3.8) is 0 Å². The Bertz CT molecular complexity index is 350. The molecule has 0 aromatic carbocycles. The molecule has 1 aromatic heterocycles. The Labute approximate surface area is 86.0 Å². The Morgan fingerprint density at radius 1 is 1.86 bits per heavy atom. The maximum Gasteiger partial charge on any atom is 0.347 e. The van der Waals surface area contributed by atoms with Gasteiger partial charge >= 0.3 is 5.97 Å². The molecular formula is C9H12N2O2S. The van der Waals surface area contributed by atoms with Crippen LogP contribution in [-0.4, -0.2) is 22.1 Å². The zero-order valence-corrected chi connectivity index (χ0v) is 8.67. The first-order chi connectivity index (χ1) is 6.70. The molecule has 1 aliphatic rings. The average Bonchev–Trinajstić information content (AvgIpc) is 2.71. The third-order valence-corrected chi connectivity index (χ3v) is 3.39. The fourth-order valence-corrected chi connectivity index (χ4v) is 2.19. The van der Waals surface area contributed by atoms with Crippen molar-refractivity contribution >= 4 is 22.4 Å². The van der Waals surface area contributed by atoms with Gasteiger partial charge in [0.05, 0.1) is 6.20 Å². The minimum atomic E-state index is -0.904.